The molecule has 1 aromatic heterocycles. The lowest BCUT2D eigenvalue weighted by molar-refractivity contribution is -0.117. The quantitative estimate of drug-likeness (QED) is 0.637. The maximum Gasteiger partial charge on any atom is 0.287 e. The number of carbonyl (C=O) groups excluding carboxylic acids is 2. The Bertz CT molecular complexity index is 279. The van der Waals surface area contributed by atoms with Crippen LogP contribution in [0.5, 0.6) is 0 Å². The van der Waals surface area contributed by atoms with Gasteiger partial charge in [-0.05, 0) is 12.1 Å². The van der Waals surface area contributed by atoms with E-state index in [-0.39, 0.29) is 12.3 Å². The van der Waals surface area contributed by atoms with Crippen LogP contribution in [-0.2, 0) is 4.79 Å². The van der Waals surface area contributed by atoms with E-state index in [2.05, 4.69) is 5.32 Å². The van der Waals surface area contributed by atoms with E-state index in [1.54, 1.807) is 6.07 Å². The van der Waals surface area contributed by atoms with E-state index < -0.39 is 11.8 Å². The van der Waals surface area contributed by atoms with Crippen LogP contribution in [0.2, 0.25) is 0 Å². The lowest BCUT2D eigenvalue weighted by atomic mass is 10.4. The lowest BCUT2D eigenvalue weighted by Gasteiger charge is -1.97. The number of nitrogens with one attached hydrogen (secondary N) is 1. The van der Waals surface area contributed by atoms with E-state index in [9.17, 15) is 9.59 Å². The molecular weight excluding hydrogens is 160 g/mol. The van der Waals surface area contributed by atoms with Gasteiger partial charge in [0.05, 0.1) is 12.8 Å². The van der Waals surface area contributed by atoms with Gasteiger partial charge in [-0.25, -0.2) is 0 Å². The van der Waals surface area contributed by atoms with Gasteiger partial charge in [-0.3, -0.25) is 9.59 Å². The fourth-order valence-corrected chi connectivity index (χ4v) is 0.662. The summed E-state index contributed by atoms with van der Waals surface area (Å²) in [5, 5.41) is 2.28. The first-order chi connectivity index (χ1) is 5.70. The van der Waals surface area contributed by atoms with Gasteiger partial charge in [0.15, 0.2) is 5.76 Å². The molecule has 0 saturated heterocycles. The fraction of sp³-hybridized carbons (Fsp3) is 0.143. The average molecular weight is 168 g/mol. The molecule has 1 heterocycles. The molecule has 12 heavy (non-hydrogen) atoms. The Labute approximate surface area is 68.5 Å². The van der Waals surface area contributed by atoms with Crippen molar-refractivity contribution in [3.8, 4) is 0 Å². The highest BCUT2D eigenvalue weighted by atomic mass is 16.3. The molecule has 0 spiro atoms. The summed E-state index contributed by atoms with van der Waals surface area (Å²) in [6.45, 7) is -0.181. The first kappa shape index (κ1) is 8.32. The van der Waals surface area contributed by atoms with E-state index in [4.69, 9.17) is 10.2 Å². The van der Waals surface area contributed by atoms with E-state index in [0.717, 1.165) is 0 Å². The topological polar surface area (TPSA) is 85.3 Å². The van der Waals surface area contributed by atoms with Crippen LogP contribution in [0.15, 0.2) is 22.8 Å². The second-order valence-corrected chi connectivity index (χ2v) is 2.13. The predicted molar refractivity (Wildman–Crippen MR) is 40.2 cm³/mol. The second kappa shape index (κ2) is 3.56. The zero-order valence-corrected chi connectivity index (χ0v) is 6.24. The SMILES string of the molecule is NC(=O)CNC(=O)c1ccco1. The Balaban J connectivity index is 2.45. The average Bonchev–Trinajstić information content (AvgIpc) is 2.51. The minimum Gasteiger partial charge on any atom is -0.459 e. The van der Waals surface area contributed by atoms with Crippen molar-refractivity contribution in [1.82, 2.24) is 5.32 Å². The van der Waals surface area contributed by atoms with E-state index >= 15 is 0 Å². The summed E-state index contributed by atoms with van der Waals surface area (Å²) in [5.41, 5.74) is 4.81. The van der Waals surface area contributed by atoms with Crippen LogP contribution in [0.1, 0.15) is 10.6 Å². The molecule has 0 aliphatic heterocycles. The van der Waals surface area contributed by atoms with Gasteiger partial charge in [0.1, 0.15) is 0 Å². The number of amides is 2. The highest BCUT2D eigenvalue weighted by Crippen LogP contribution is 1.98. The molecule has 3 N–H and O–H groups in total. The molecule has 0 unspecified atom stereocenters. The number of hydrogen-bond acceptors (Lipinski definition) is 3. The molecule has 64 valence electrons. The van der Waals surface area contributed by atoms with Gasteiger partial charge in [0.2, 0.25) is 5.91 Å². The smallest absolute Gasteiger partial charge is 0.287 e. The van der Waals surface area contributed by atoms with E-state index in [1.165, 1.54) is 12.3 Å². The Morgan fingerprint density at radius 1 is 1.58 bits per heavy atom. The number of primary amides is 1. The van der Waals surface area contributed by atoms with E-state index in [0.29, 0.717) is 0 Å². The summed E-state index contributed by atoms with van der Waals surface area (Å²) in [5.74, 6) is -0.870. The van der Waals surface area contributed by atoms with Gasteiger partial charge in [-0.2, -0.15) is 0 Å². The maximum absolute atomic E-state index is 11.0. The molecule has 5 heteroatoms. The standard InChI is InChI=1S/C7H8N2O3/c8-6(10)4-9-7(11)5-2-1-3-12-5/h1-3H,4H2,(H2,8,10)(H,9,11). The van der Waals surface area contributed by atoms with Crippen LogP contribution in [0.25, 0.3) is 0 Å². The molecular formula is C7H8N2O3. The molecule has 0 fully saturated rings. The molecule has 0 radical (unpaired) electrons. The van der Waals surface area contributed by atoms with E-state index in [1.807, 2.05) is 0 Å². The molecule has 1 aromatic rings. The number of furan rings is 1. The summed E-state index contributed by atoms with van der Waals surface area (Å²) < 4.78 is 4.76. The van der Waals surface area contributed by atoms with Gasteiger partial charge in [0, 0.05) is 0 Å². The Hall–Kier alpha value is -1.78. The Morgan fingerprint density at radius 2 is 2.33 bits per heavy atom. The molecule has 5 nitrogen and oxygen atoms in total. The zero-order valence-electron chi connectivity index (χ0n) is 6.24. The number of nitrogens with two attached hydrogens (primary N) is 1. The van der Waals surface area contributed by atoms with Crippen molar-refractivity contribution in [3.63, 3.8) is 0 Å². The van der Waals surface area contributed by atoms with Crippen LogP contribution in [0.4, 0.5) is 0 Å². The van der Waals surface area contributed by atoms with Crippen molar-refractivity contribution in [2.45, 2.75) is 0 Å². The van der Waals surface area contributed by atoms with Crippen molar-refractivity contribution >= 4 is 11.8 Å². The van der Waals surface area contributed by atoms with Gasteiger partial charge in [0.25, 0.3) is 5.91 Å². The van der Waals surface area contributed by atoms with Crippen LogP contribution < -0.4 is 11.1 Å². The highest BCUT2D eigenvalue weighted by Gasteiger charge is 2.07. The van der Waals surface area contributed by atoms with Crippen molar-refractivity contribution in [2.24, 2.45) is 5.73 Å². The Morgan fingerprint density at radius 3 is 2.83 bits per heavy atom. The molecule has 0 atom stereocenters. The number of hydrogen-bond donors (Lipinski definition) is 2. The van der Waals surface area contributed by atoms with Crippen molar-refractivity contribution in [1.29, 1.82) is 0 Å². The minimum absolute atomic E-state index is 0.163. The summed E-state index contributed by atoms with van der Waals surface area (Å²) in [6, 6.07) is 3.08. The largest absolute Gasteiger partial charge is 0.459 e. The normalized spacial score (nSPS) is 9.33. The van der Waals surface area contributed by atoms with Gasteiger partial charge < -0.3 is 15.5 Å². The summed E-state index contributed by atoms with van der Waals surface area (Å²) in [4.78, 5) is 21.2. The van der Waals surface area contributed by atoms with Crippen molar-refractivity contribution < 1.29 is 14.0 Å². The first-order valence-electron chi connectivity index (χ1n) is 3.30. The second-order valence-electron chi connectivity index (χ2n) is 2.13. The van der Waals surface area contributed by atoms with Gasteiger partial charge in [-0.1, -0.05) is 0 Å². The molecule has 0 bridgehead atoms. The summed E-state index contributed by atoms with van der Waals surface area (Å²) in [7, 11) is 0. The molecule has 2 amide bonds. The Kier molecular flexibility index (Phi) is 2.47. The molecule has 0 saturated carbocycles. The predicted octanol–water partition coefficient (Wildman–Crippen LogP) is -0.505. The van der Waals surface area contributed by atoms with Crippen molar-refractivity contribution in [2.75, 3.05) is 6.54 Å². The lowest BCUT2D eigenvalue weighted by Crippen LogP contribution is -2.32. The van der Waals surface area contributed by atoms with Gasteiger partial charge >= 0.3 is 0 Å². The fourth-order valence-electron chi connectivity index (χ4n) is 0.662. The number of rotatable bonds is 3. The third-order valence-corrected chi connectivity index (χ3v) is 1.17. The molecule has 0 aliphatic carbocycles. The van der Waals surface area contributed by atoms with Gasteiger partial charge in [-0.15, -0.1) is 0 Å². The third kappa shape index (κ3) is 2.12. The minimum atomic E-state index is -0.588. The van der Waals surface area contributed by atoms with Crippen LogP contribution >= 0.6 is 0 Å². The highest BCUT2D eigenvalue weighted by molar-refractivity contribution is 5.93. The van der Waals surface area contributed by atoms with Crippen LogP contribution in [0, 0.1) is 0 Å². The third-order valence-electron chi connectivity index (χ3n) is 1.17. The molecule has 0 aromatic carbocycles. The maximum atomic E-state index is 11.0. The number of carbonyl (C=O) groups is 2. The molecule has 1 rings (SSSR count). The summed E-state index contributed by atoms with van der Waals surface area (Å²) in [6.07, 6.45) is 1.37. The van der Waals surface area contributed by atoms with Crippen LogP contribution in [-0.4, -0.2) is 18.4 Å². The van der Waals surface area contributed by atoms with Crippen molar-refractivity contribution in [3.05, 3.63) is 24.2 Å². The first-order valence-corrected chi connectivity index (χ1v) is 3.30. The zero-order chi connectivity index (χ0) is 8.97. The monoisotopic (exact) mass is 168 g/mol. The van der Waals surface area contributed by atoms with Crippen LogP contribution in [0.3, 0.4) is 0 Å². The summed E-state index contributed by atoms with van der Waals surface area (Å²) >= 11 is 0. The molecule has 0 aliphatic rings.